The maximum Gasteiger partial charge on any atom is 0.252 e. The molecule has 17 heavy (non-hydrogen) atoms. The lowest BCUT2D eigenvalue weighted by molar-refractivity contribution is 0.397. The zero-order valence-corrected chi connectivity index (χ0v) is 9.30. The first kappa shape index (κ1) is 11.1. The summed E-state index contributed by atoms with van der Waals surface area (Å²) in [5.41, 5.74) is 6.15. The maximum absolute atomic E-state index is 11.2. The molecule has 0 unspecified atom stereocenters. The minimum absolute atomic E-state index is 0.213. The number of ether oxygens (including phenoxy) is 1. The Hall–Kier alpha value is -2.37. The van der Waals surface area contributed by atoms with Gasteiger partial charge in [0.15, 0.2) is 0 Å². The number of H-pyrrole nitrogens is 1. The van der Waals surface area contributed by atoms with Gasteiger partial charge in [-0.3, -0.25) is 4.79 Å². The van der Waals surface area contributed by atoms with Crippen LogP contribution in [0.15, 0.2) is 29.2 Å². The maximum atomic E-state index is 11.2. The van der Waals surface area contributed by atoms with Crippen molar-refractivity contribution < 1.29 is 4.74 Å². The smallest absolute Gasteiger partial charge is 0.252 e. The van der Waals surface area contributed by atoms with E-state index in [2.05, 4.69) is 15.0 Å². The van der Waals surface area contributed by atoms with E-state index in [9.17, 15) is 4.79 Å². The monoisotopic (exact) mass is 232 g/mol. The van der Waals surface area contributed by atoms with Crippen molar-refractivity contribution in [1.82, 2.24) is 15.0 Å². The number of rotatable bonds is 3. The number of aromatic nitrogens is 3. The van der Waals surface area contributed by atoms with Crippen molar-refractivity contribution >= 4 is 5.82 Å². The Kier molecular flexibility index (Phi) is 3.04. The van der Waals surface area contributed by atoms with Crippen molar-refractivity contribution in [1.29, 1.82) is 0 Å². The topological polar surface area (TPSA) is 93.9 Å². The van der Waals surface area contributed by atoms with Crippen molar-refractivity contribution in [3.63, 3.8) is 0 Å². The molecule has 0 saturated carbocycles. The van der Waals surface area contributed by atoms with Crippen LogP contribution in [0.3, 0.4) is 0 Å². The first-order chi connectivity index (χ1) is 8.17. The Labute approximate surface area is 97.5 Å². The summed E-state index contributed by atoms with van der Waals surface area (Å²) in [5.74, 6) is 1.27. The summed E-state index contributed by atoms with van der Waals surface area (Å²) < 4.78 is 4.95. The molecular weight excluding hydrogens is 220 g/mol. The first-order valence-electron chi connectivity index (χ1n) is 5.02. The summed E-state index contributed by atoms with van der Waals surface area (Å²) in [5, 5.41) is 0. The average molecular weight is 232 g/mol. The highest BCUT2D eigenvalue weighted by atomic mass is 16.5. The number of nitrogen functional groups attached to an aromatic ring is 1. The SMILES string of the molecule is COc1ccc(Cc2nc(N)cc(=O)[nH]2)cn1. The molecule has 0 fully saturated rings. The van der Waals surface area contributed by atoms with Gasteiger partial charge in [-0.05, 0) is 5.56 Å². The van der Waals surface area contributed by atoms with Gasteiger partial charge in [0.2, 0.25) is 5.88 Å². The molecule has 0 atom stereocenters. The highest BCUT2D eigenvalue weighted by Gasteiger charge is 2.02. The lowest BCUT2D eigenvalue weighted by atomic mass is 10.2. The molecular formula is C11H12N4O2. The van der Waals surface area contributed by atoms with Crippen molar-refractivity contribution in [3.8, 4) is 5.88 Å². The van der Waals surface area contributed by atoms with E-state index < -0.39 is 0 Å². The first-order valence-corrected chi connectivity index (χ1v) is 5.02. The Morgan fingerprint density at radius 3 is 2.88 bits per heavy atom. The van der Waals surface area contributed by atoms with Gasteiger partial charge in [-0.1, -0.05) is 6.07 Å². The molecule has 0 saturated heterocycles. The van der Waals surface area contributed by atoms with E-state index in [0.29, 0.717) is 18.1 Å². The lowest BCUT2D eigenvalue weighted by Gasteiger charge is -2.03. The van der Waals surface area contributed by atoms with E-state index >= 15 is 0 Å². The second kappa shape index (κ2) is 4.65. The van der Waals surface area contributed by atoms with E-state index in [-0.39, 0.29) is 11.4 Å². The Balaban J connectivity index is 2.22. The van der Waals surface area contributed by atoms with E-state index in [1.54, 1.807) is 19.4 Å². The number of hydrogen-bond acceptors (Lipinski definition) is 5. The second-order valence-electron chi connectivity index (χ2n) is 3.50. The summed E-state index contributed by atoms with van der Waals surface area (Å²) in [7, 11) is 1.55. The Morgan fingerprint density at radius 1 is 1.47 bits per heavy atom. The molecule has 0 radical (unpaired) electrons. The minimum Gasteiger partial charge on any atom is -0.481 e. The van der Waals surface area contributed by atoms with Gasteiger partial charge in [0.05, 0.1) is 7.11 Å². The molecule has 0 bridgehead atoms. The number of nitrogens with one attached hydrogen (secondary N) is 1. The van der Waals surface area contributed by atoms with E-state index in [1.165, 1.54) is 6.07 Å². The molecule has 2 aromatic heterocycles. The Morgan fingerprint density at radius 2 is 2.29 bits per heavy atom. The quantitative estimate of drug-likeness (QED) is 0.796. The highest BCUT2D eigenvalue weighted by molar-refractivity contribution is 5.27. The van der Waals surface area contributed by atoms with Gasteiger partial charge >= 0.3 is 0 Å². The molecule has 88 valence electrons. The molecule has 0 aromatic carbocycles. The summed E-state index contributed by atoms with van der Waals surface area (Å²) in [6.45, 7) is 0. The zero-order chi connectivity index (χ0) is 12.3. The van der Waals surface area contributed by atoms with Crippen molar-refractivity contribution in [2.24, 2.45) is 0 Å². The predicted octanol–water partition coefficient (Wildman–Crippen LogP) is 0.346. The fraction of sp³-hybridized carbons (Fsp3) is 0.182. The van der Waals surface area contributed by atoms with Gasteiger partial charge in [0.25, 0.3) is 5.56 Å². The van der Waals surface area contributed by atoms with Crippen LogP contribution in [0.2, 0.25) is 0 Å². The number of nitrogens with zero attached hydrogens (tertiary/aromatic N) is 2. The molecule has 0 aliphatic heterocycles. The predicted molar refractivity (Wildman–Crippen MR) is 62.9 cm³/mol. The number of aromatic amines is 1. The van der Waals surface area contributed by atoms with Crippen molar-refractivity contribution in [3.05, 3.63) is 46.1 Å². The fourth-order valence-corrected chi connectivity index (χ4v) is 1.44. The molecule has 2 heterocycles. The van der Waals surface area contributed by atoms with Crippen LogP contribution < -0.4 is 16.0 Å². The standard InChI is InChI=1S/C11H12N4O2/c1-17-11-3-2-7(6-13-11)4-9-14-8(12)5-10(16)15-9/h2-3,5-6H,4H2,1H3,(H3,12,14,15,16). The van der Waals surface area contributed by atoms with Crippen LogP contribution in [0.4, 0.5) is 5.82 Å². The van der Waals surface area contributed by atoms with Crippen LogP contribution in [-0.4, -0.2) is 22.1 Å². The highest BCUT2D eigenvalue weighted by Crippen LogP contribution is 2.09. The number of pyridine rings is 1. The summed E-state index contributed by atoms with van der Waals surface area (Å²) in [6.07, 6.45) is 2.14. The van der Waals surface area contributed by atoms with Gasteiger partial charge in [-0.25, -0.2) is 9.97 Å². The van der Waals surface area contributed by atoms with Gasteiger partial charge in [-0.15, -0.1) is 0 Å². The normalized spacial score (nSPS) is 10.2. The molecule has 6 nitrogen and oxygen atoms in total. The average Bonchev–Trinajstić information content (AvgIpc) is 2.28. The molecule has 0 aliphatic rings. The minimum atomic E-state index is -0.256. The molecule has 6 heteroatoms. The van der Waals surface area contributed by atoms with Crippen LogP contribution in [0.25, 0.3) is 0 Å². The number of methoxy groups -OCH3 is 1. The third-order valence-electron chi connectivity index (χ3n) is 2.19. The van der Waals surface area contributed by atoms with Crippen LogP contribution >= 0.6 is 0 Å². The van der Waals surface area contributed by atoms with Gasteiger partial charge in [0.1, 0.15) is 11.6 Å². The molecule has 0 amide bonds. The van der Waals surface area contributed by atoms with Gasteiger partial charge in [-0.2, -0.15) is 0 Å². The molecule has 0 aliphatic carbocycles. The molecule has 2 aromatic rings. The van der Waals surface area contributed by atoms with Crippen LogP contribution in [0.5, 0.6) is 5.88 Å². The number of hydrogen-bond donors (Lipinski definition) is 2. The van der Waals surface area contributed by atoms with Crippen LogP contribution in [0.1, 0.15) is 11.4 Å². The molecule has 0 spiro atoms. The third-order valence-corrected chi connectivity index (χ3v) is 2.19. The molecule has 2 rings (SSSR count). The van der Waals surface area contributed by atoms with Crippen molar-refractivity contribution in [2.75, 3.05) is 12.8 Å². The lowest BCUT2D eigenvalue weighted by Crippen LogP contribution is -2.12. The Bertz CT molecular complexity index is 562. The van der Waals surface area contributed by atoms with Gasteiger partial charge in [0, 0.05) is 24.8 Å². The largest absolute Gasteiger partial charge is 0.481 e. The number of anilines is 1. The van der Waals surface area contributed by atoms with Crippen molar-refractivity contribution in [2.45, 2.75) is 6.42 Å². The summed E-state index contributed by atoms with van der Waals surface area (Å²) in [6, 6.07) is 4.85. The summed E-state index contributed by atoms with van der Waals surface area (Å²) in [4.78, 5) is 21.9. The van der Waals surface area contributed by atoms with Crippen LogP contribution in [0, 0.1) is 0 Å². The zero-order valence-electron chi connectivity index (χ0n) is 9.30. The van der Waals surface area contributed by atoms with E-state index in [0.717, 1.165) is 5.56 Å². The summed E-state index contributed by atoms with van der Waals surface area (Å²) >= 11 is 0. The molecule has 3 N–H and O–H groups in total. The second-order valence-corrected chi connectivity index (χ2v) is 3.50. The third kappa shape index (κ3) is 2.81. The fourth-order valence-electron chi connectivity index (χ4n) is 1.44. The number of nitrogens with two attached hydrogens (primary N) is 1. The van der Waals surface area contributed by atoms with Crippen LogP contribution in [-0.2, 0) is 6.42 Å². The van der Waals surface area contributed by atoms with E-state index in [1.807, 2.05) is 6.07 Å². The van der Waals surface area contributed by atoms with E-state index in [4.69, 9.17) is 10.5 Å². The van der Waals surface area contributed by atoms with Gasteiger partial charge < -0.3 is 15.5 Å².